The first-order valence-electron chi connectivity index (χ1n) is 8.94. The van der Waals surface area contributed by atoms with Crippen molar-refractivity contribution in [3.8, 4) is 0 Å². The van der Waals surface area contributed by atoms with Crippen LogP contribution in [0, 0.1) is 6.92 Å². The lowest BCUT2D eigenvalue weighted by atomic mass is 10.0. The van der Waals surface area contributed by atoms with Gasteiger partial charge in [0.05, 0.1) is 0 Å². The Bertz CT molecular complexity index is 516. The van der Waals surface area contributed by atoms with E-state index in [4.69, 9.17) is 0 Å². The standard InChI is InChI=1S/C19H31N3OS/c1-15-7-8-17(20-14-15)22-11-9-16(10-12-22)21-18(23)6-5-13-24-19(2,3)4/h7-8,14,16H,5-6,9-13H2,1-4H3,(H,21,23). The number of nitrogens with one attached hydrogen (secondary N) is 1. The average molecular weight is 350 g/mol. The Morgan fingerprint density at radius 3 is 2.62 bits per heavy atom. The van der Waals surface area contributed by atoms with Crippen molar-refractivity contribution in [2.24, 2.45) is 0 Å². The van der Waals surface area contributed by atoms with Gasteiger partial charge in [0.2, 0.25) is 5.91 Å². The SMILES string of the molecule is Cc1ccc(N2CCC(NC(=O)CCCSC(C)(C)C)CC2)nc1. The largest absolute Gasteiger partial charge is 0.356 e. The smallest absolute Gasteiger partial charge is 0.220 e. The highest BCUT2D eigenvalue weighted by Crippen LogP contribution is 2.24. The Kier molecular flexibility index (Phi) is 6.96. The molecular weight excluding hydrogens is 318 g/mol. The summed E-state index contributed by atoms with van der Waals surface area (Å²) < 4.78 is 0.285. The van der Waals surface area contributed by atoms with Gasteiger partial charge in [0.25, 0.3) is 0 Å². The maximum atomic E-state index is 12.1. The summed E-state index contributed by atoms with van der Waals surface area (Å²) in [7, 11) is 0. The van der Waals surface area contributed by atoms with Crippen LogP contribution in [0.4, 0.5) is 5.82 Å². The Labute approximate surface area is 150 Å². The number of hydrogen-bond donors (Lipinski definition) is 1. The number of hydrogen-bond acceptors (Lipinski definition) is 4. The summed E-state index contributed by atoms with van der Waals surface area (Å²) in [4.78, 5) is 18.9. The minimum absolute atomic E-state index is 0.205. The van der Waals surface area contributed by atoms with Crippen LogP contribution in [0.25, 0.3) is 0 Å². The zero-order valence-electron chi connectivity index (χ0n) is 15.5. The lowest BCUT2D eigenvalue weighted by Crippen LogP contribution is -2.44. The molecule has 24 heavy (non-hydrogen) atoms. The second kappa shape index (κ2) is 8.75. The Morgan fingerprint density at radius 1 is 1.33 bits per heavy atom. The number of piperidine rings is 1. The molecule has 2 heterocycles. The molecule has 1 aliphatic rings. The van der Waals surface area contributed by atoms with Crippen LogP contribution < -0.4 is 10.2 Å². The molecule has 0 unspecified atom stereocenters. The van der Waals surface area contributed by atoms with Crippen LogP contribution in [-0.4, -0.2) is 40.5 Å². The van der Waals surface area contributed by atoms with Crippen LogP contribution in [0.2, 0.25) is 0 Å². The van der Waals surface area contributed by atoms with Crippen LogP contribution in [0.5, 0.6) is 0 Å². The van der Waals surface area contributed by atoms with Crippen molar-refractivity contribution in [3.05, 3.63) is 23.9 Å². The molecular formula is C19H31N3OS. The van der Waals surface area contributed by atoms with E-state index >= 15 is 0 Å². The molecule has 134 valence electrons. The van der Waals surface area contributed by atoms with E-state index in [-0.39, 0.29) is 10.7 Å². The monoisotopic (exact) mass is 349 g/mol. The zero-order valence-corrected chi connectivity index (χ0v) is 16.3. The van der Waals surface area contributed by atoms with E-state index in [1.54, 1.807) is 0 Å². The quantitative estimate of drug-likeness (QED) is 0.794. The first-order valence-corrected chi connectivity index (χ1v) is 9.93. The van der Waals surface area contributed by atoms with Gasteiger partial charge in [-0.05, 0) is 43.6 Å². The van der Waals surface area contributed by atoms with Gasteiger partial charge in [-0.3, -0.25) is 4.79 Å². The predicted octanol–water partition coefficient (Wildman–Crippen LogP) is 3.79. The van der Waals surface area contributed by atoms with Crippen molar-refractivity contribution >= 4 is 23.5 Å². The minimum Gasteiger partial charge on any atom is -0.356 e. The van der Waals surface area contributed by atoms with Crippen molar-refractivity contribution in [2.45, 2.75) is 64.2 Å². The second-order valence-electron chi connectivity index (χ2n) is 7.59. The minimum atomic E-state index is 0.205. The number of carbonyl (C=O) groups excluding carboxylic acids is 1. The molecule has 4 nitrogen and oxygen atoms in total. The molecule has 0 spiro atoms. The van der Waals surface area contributed by atoms with Crippen LogP contribution in [0.15, 0.2) is 18.3 Å². The molecule has 1 aliphatic heterocycles. The molecule has 1 aromatic heterocycles. The predicted molar refractivity (Wildman–Crippen MR) is 104 cm³/mol. The van der Waals surface area contributed by atoms with Crippen molar-refractivity contribution in [1.29, 1.82) is 0 Å². The first kappa shape index (κ1) is 19.1. The summed E-state index contributed by atoms with van der Waals surface area (Å²) in [5.74, 6) is 2.30. The number of amides is 1. The third kappa shape index (κ3) is 6.71. The topological polar surface area (TPSA) is 45.2 Å². The zero-order chi connectivity index (χ0) is 17.6. The van der Waals surface area contributed by atoms with Gasteiger partial charge in [-0.15, -0.1) is 0 Å². The van der Waals surface area contributed by atoms with Crippen LogP contribution in [0.3, 0.4) is 0 Å². The fraction of sp³-hybridized carbons (Fsp3) is 0.684. The van der Waals surface area contributed by atoms with Gasteiger partial charge in [0.15, 0.2) is 0 Å². The number of carbonyl (C=O) groups is 1. The van der Waals surface area contributed by atoms with E-state index in [9.17, 15) is 4.79 Å². The number of nitrogens with zero attached hydrogens (tertiary/aromatic N) is 2. The highest BCUT2D eigenvalue weighted by molar-refractivity contribution is 8.00. The van der Waals surface area contributed by atoms with Gasteiger partial charge in [-0.25, -0.2) is 4.98 Å². The molecule has 1 aromatic rings. The number of thioether (sulfide) groups is 1. The number of pyridine rings is 1. The summed E-state index contributed by atoms with van der Waals surface area (Å²) in [5, 5.41) is 3.20. The molecule has 1 N–H and O–H groups in total. The molecule has 0 saturated carbocycles. The molecule has 0 atom stereocenters. The summed E-state index contributed by atoms with van der Waals surface area (Å²) >= 11 is 1.93. The lowest BCUT2D eigenvalue weighted by molar-refractivity contribution is -0.121. The maximum Gasteiger partial charge on any atom is 0.220 e. The third-order valence-electron chi connectivity index (χ3n) is 4.16. The van der Waals surface area contributed by atoms with Crippen molar-refractivity contribution in [3.63, 3.8) is 0 Å². The van der Waals surface area contributed by atoms with Gasteiger partial charge >= 0.3 is 0 Å². The lowest BCUT2D eigenvalue weighted by Gasteiger charge is -2.33. The van der Waals surface area contributed by atoms with E-state index in [1.807, 2.05) is 18.0 Å². The molecule has 0 aromatic carbocycles. The molecule has 0 radical (unpaired) electrons. The van der Waals surface area contributed by atoms with Crippen molar-refractivity contribution < 1.29 is 4.79 Å². The maximum absolute atomic E-state index is 12.1. The van der Waals surface area contributed by atoms with Crippen LogP contribution in [0.1, 0.15) is 52.0 Å². The fourth-order valence-corrected chi connectivity index (χ4v) is 3.71. The van der Waals surface area contributed by atoms with E-state index in [0.717, 1.165) is 43.9 Å². The number of aryl methyl sites for hydroxylation is 1. The number of anilines is 1. The van der Waals surface area contributed by atoms with Gasteiger partial charge in [0.1, 0.15) is 5.82 Å². The van der Waals surface area contributed by atoms with Crippen molar-refractivity contribution in [2.75, 3.05) is 23.7 Å². The first-order chi connectivity index (χ1) is 11.3. The van der Waals surface area contributed by atoms with Gasteiger partial charge in [-0.2, -0.15) is 11.8 Å². The highest BCUT2D eigenvalue weighted by Gasteiger charge is 2.21. The van der Waals surface area contributed by atoms with Gasteiger partial charge < -0.3 is 10.2 Å². The van der Waals surface area contributed by atoms with Crippen LogP contribution in [-0.2, 0) is 4.79 Å². The molecule has 0 bridgehead atoms. The summed E-state index contributed by atoms with van der Waals surface area (Å²) in [5.41, 5.74) is 1.19. The molecule has 1 fully saturated rings. The van der Waals surface area contributed by atoms with E-state index in [2.05, 4.69) is 55.0 Å². The van der Waals surface area contributed by atoms with E-state index < -0.39 is 0 Å². The van der Waals surface area contributed by atoms with Crippen LogP contribution >= 0.6 is 11.8 Å². The molecule has 2 rings (SSSR count). The molecule has 5 heteroatoms. The molecule has 1 saturated heterocycles. The van der Waals surface area contributed by atoms with Crippen molar-refractivity contribution in [1.82, 2.24) is 10.3 Å². The Balaban J connectivity index is 1.65. The van der Waals surface area contributed by atoms with E-state index in [1.165, 1.54) is 5.56 Å². The highest BCUT2D eigenvalue weighted by atomic mass is 32.2. The van der Waals surface area contributed by atoms with Gasteiger partial charge in [0, 0.05) is 36.5 Å². The fourth-order valence-electron chi connectivity index (χ4n) is 2.81. The summed E-state index contributed by atoms with van der Waals surface area (Å²) in [6, 6.07) is 4.50. The average Bonchev–Trinajstić information content (AvgIpc) is 2.52. The molecule has 0 aliphatic carbocycles. The normalized spacial score (nSPS) is 16.2. The van der Waals surface area contributed by atoms with Gasteiger partial charge in [-0.1, -0.05) is 26.8 Å². The Hall–Kier alpha value is -1.23. The Morgan fingerprint density at radius 2 is 2.04 bits per heavy atom. The number of aromatic nitrogens is 1. The second-order valence-corrected chi connectivity index (χ2v) is 9.51. The summed E-state index contributed by atoms with van der Waals surface area (Å²) in [6.07, 6.45) is 5.51. The molecule has 1 amide bonds. The number of rotatable bonds is 6. The summed E-state index contributed by atoms with van der Waals surface area (Å²) in [6.45, 7) is 10.6. The third-order valence-corrected chi connectivity index (χ3v) is 5.52. The van der Waals surface area contributed by atoms with E-state index in [0.29, 0.717) is 12.5 Å².